The van der Waals surface area contributed by atoms with Gasteiger partial charge in [0.25, 0.3) is 0 Å². The molecule has 0 bridgehead atoms. The first-order valence-electron chi connectivity index (χ1n) is 8.02. The summed E-state index contributed by atoms with van der Waals surface area (Å²) in [6, 6.07) is 8.35. The van der Waals surface area contributed by atoms with E-state index >= 15 is 0 Å². The number of hydrogen-bond acceptors (Lipinski definition) is 2. The maximum absolute atomic E-state index is 13.5. The molecule has 1 N–H and O–H groups in total. The molecule has 2 nitrogen and oxygen atoms in total. The number of carbonyl (C=O) groups excluding carboxylic acids is 1. The second-order valence-corrected chi connectivity index (χ2v) is 7.27. The molecule has 26 heavy (non-hydrogen) atoms. The highest BCUT2D eigenvalue weighted by Crippen LogP contribution is 2.40. The van der Waals surface area contributed by atoms with Crippen molar-refractivity contribution in [1.29, 1.82) is 0 Å². The summed E-state index contributed by atoms with van der Waals surface area (Å²) in [6.07, 6.45) is -4.77. The normalized spacial score (nSPS) is 17.8. The Morgan fingerprint density at radius 3 is 2.42 bits per heavy atom. The van der Waals surface area contributed by atoms with Crippen LogP contribution >= 0.6 is 23.2 Å². The first kappa shape index (κ1) is 19.2. The van der Waals surface area contributed by atoms with E-state index in [1.165, 1.54) is 24.3 Å². The van der Waals surface area contributed by atoms with E-state index in [0.29, 0.717) is 12.8 Å². The van der Waals surface area contributed by atoms with Crippen molar-refractivity contribution in [3.8, 4) is 0 Å². The van der Waals surface area contributed by atoms with Gasteiger partial charge in [0.1, 0.15) is 0 Å². The molecule has 0 aliphatic heterocycles. The van der Waals surface area contributed by atoms with E-state index in [0.717, 1.165) is 11.1 Å². The molecule has 0 heterocycles. The van der Waals surface area contributed by atoms with Gasteiger partial charge < -0.3 is 5.11 Å². The zero-order chi connectivity index (χ0) is 19.1. The Morgan fingerprint density at radius 2 is 1.81 bits per heavy atom. The van der Waals surface area contributed by atoms with Crippen molar-refractivity contribution in [2.45, 2.75) is 37.5 Å². The number of Topliss-reactive ketones (excluding diaryl/α,β-unsaturated/α-hetero) is 1. The minimum atomic E-state index is -4.61. The minimum absolute atomic E-state index is 0.0840. The third kappa shape index (κ3) is 4.05. The molecule has 0 saturated carbocycles. The van der Waals surface area contributed by atoms with Crippen LogP contribution in [-0.4, -0.2) is 17.1 Å². The van der Waals surface area contributed by atoms with Gasteiger partial charge in [-0.1, -0.05) is 35.3 Å². The molecule has 2 aromatic carbocycles. The molecule has 0 aromatic heterocycles. The molecule has 0 saturated heterocycles. The summed E-state index contributed by atoms with van der Waals surface area (Å²) in [5.74, 6) is -2.61. The Labute approximate surface area is 158 Å². The number of aliphatic hydroxyl groups is 1. The van der Waals surface area contributed by atoms with E-state index in [-0.39, 0.29) is 21.2 Å². The molecule has 2 atom stereocenters. The minimum Gasteiger partial charge on any atom is -0.388 e. The largest absolute Gasteiger partial charge is 0.396 e. The number of ketones is 1. The highest BCUT2D eigenvalue weighted by molar-refractivity contribution is 6.34. The molecule has 7 heteroatoms. The first-order chi connectivity index (χ1) is 12.1. The number of halogens is 5. The van der Waals surface area contributed by atoms with Gasteiger partial charge in [0.15, 0.2) is 5.78 Å². The summed E-state index contributed by atoms with van der Waals surface area (Å²) < 4.78 is 40.6. The lowest BCUT2D eigenvalue weighted by molar-refractivity contribution is -0.149. The Balaban J connectivity index is 1.89. The van der Waals surface area contributed by atoms with Crippen LogP contribution < -0.4 is 0 Å². The van der Waals surface area contributed by atoms with Gasteiger partial charge >= 0.3 is 6.18 Å². The van der Waals surface area contributed by atoms with Crippen molar-refractivity contribution in [3.05, 3.63) is 68.7 Å². The van der Waals surface area contributed by atoms with Crippen LogP contribution in [0.25, 0.3) is 0 Å². The van der Waals surface area contributed by atoms with Crippen LogP contribution in [0.1, 0.15) is 51.9 Å². The molecule has 2 aromatic rings. The molecule has 0 radical (unpaired) electrons. The number of fused-ring (bicyclic) bond motifs is 1. The predicted molar refractivity (Wildman–Crippen MR) is 93.9 cm³/mol. The van der Waals surface area contributed by atoms with E-state index in [1.807, 2.05) is 0 Å². The van der Waals surface area contributed by atoms with Crippen molar-refractivity contribution in [2.75, 3.05) is 0 Å². The Bertz CT molecular complexity index is 829. The maximum atomic E-state index is 13.5. The van der Waals surface area contributed by atoms with Gasteiger partial charge in [-0.15, -0.1) is 0 Å². The summed E-state index contributed by atoms with van der Waals surface area (Å²) >= 11 is 11.6. The Hall–Kier alpha value is -1.56. The van der Waals surface area contributed by atoms with E-state index in [2.05, 4.69) is 0 Å². The number of alkyl halides is 3. The highest BCUT2D eigenvalue weighted by Gasteiger charge is 2.42. The number of aryl methyl sites for hydroxylation is 1. The monoisotopic (exact) mass is 402 g/mol. The van der Waals surface area contributed by atoms with Crippen LogP contribution in [0.2, 0.25) is 10.0 Å². The fourth-order valence-electron chi connectivity index (χ4n) is 3.27. The standard InChI is InChI=1S/C19H15Cl2F3O2/c20-13-6-12(7-14(21)8-13)16(19(22,23)24)9-18(26)11-1-3-15-10(5-11)2-4-17(15)25/h1,3,5-8,16-17,25H,2,4,9H2/t16-,17?/m0/s1. The zero-order valence-corrected chi connectivity index (χ0v) is 15.0. The molecule has 0 fully saturated rings. The molecule has 1 aliphatic carbocycles. The lowest BCUT2D eigenvalue weighted by Gasteiger charge is -2.21. The quantitative estimate of drug-likeness (QED) is 0.647. The van der Waals surface area contributed by atoms with Crippen LogP contribution in [0.15, 0.2) is 36.4 Å². The van der Waals surface area contributed by atoms with Gasteiger partial charge in [-0.25, -0.2) is 0 Å². The van der Waals surface area contributed by atoms with Crippen LogP contribution in [0.3, 0.4) is 0 Å². The molecule has 0 spiro atoms. The highest BCUT2D eigenvalue weighted by atomic mass is 35.5. The van der Waals surface area contributed by atoms with E-state index in [9.17, 15) is 23.1 Å². The van der Waals surface area contributed by atoms with Crippen molar-refractivity contribution < 1.29 is 23.1 Å². The van der Waals surface area contributed by atoms with E-state index in [4.69, 9.17) is 23.2 Å². The lowest BCUT2D eigenvalue weighted by Crippen LogP contribution is -2.24. The molecular formula is C19H15Cl2F3O2. The van der Waals surface area contributed by atoms with Crippen molar-refractivity contribution in [2.24, 2.45) is 0 Å². The van der Waals surface area contributed by atoms with Crippen LogP contribution in [-0.2, 0) is 6.42 Å². The second-order valence-electron chi connectivity index (χ2n) is 6.39. The maximum Gasteiger partial charge on any atom is 0.396 e. The van der Waals surface area contributed by atoms with Gasteiger partial charge in [-0.05, 0) is 53.8 Å². The van der Waals surface area contributed by atoms with Gasteiger partial charge in [0.2, 0.25) is 0 Å². The summed E-state index contributed by atoms with van der Waals surface area (Å²) in [5, 5.41) is 9.97. The van der Waals surface area contributed by atoms with Gasteiger partial charge in [-0.2, -0.15) is 13.2 Å². The van der Waals surface area contributed by atoms with Crippen molar-refractivity contribution >= 4 is 29.0 Å². The summed E-state index contributed by atoms with van der Waals surface area (Å²) in [6.45, 7) is 0. The summed E-state index contributed by atoms with van der Waals surface area (Å²) in [4.78, 5) is 12.5. The Kier molecular flexibility index (Phi) is 5.33. The average Bonchev–Trinajstić information content (AvgIpc) is 2.91. The third-order valence-corrected chi connectivity index (χ3v) is 5.02. The zero-order valence-electron chi connectivity index (χ0n) is 13.5. The lowest BCUT2D eigenvalue weighted by atomic mass is 9.90. The fourth-order valence-corrected chi connectivity index (χ4v) is 3.81. The molecule has 1 unspecified atom stereocenters. The number of aliphatic hydroxyl groups excluding tert-OH is 1. The number of rotatable bonds is 4. The van der Waals surface area contributed by atoms with Crippen LogP contribution in [0.5, 0.6) is 0 Å². The van der Waals surface area contributed by atoms with Gasteiger partial charge in [-0.3, -0.25) is 4.79 Å². The average molecular weight is 403 g/mol. The molecule has 3 rings (SSSR count). The molecule has 138 valence electrons. The van der Waals surface area contributed by atoms with Crippen LogP contribution in [0, 0.1) is 0 Å². The second kappa shape index (κ2) is 7.22. The topological polar surface area (TPSA) is 37.3 Å². The molecular weight excluding hydrogens is 388 g/mol. The smallest absolute Gasteiger partial charge is 0.388 e. The van der Waals surface area contributed by atoms with Crippen LogP contribution in [0.4, 0.5) is 13.2 Å². The van der Waals surface area contributed by atoms with Gasteiger partial charge in [0, 0.05) is 22.0 Å². The van der Waals surface area contributed by atoms with Crippen molar-refractivity contribution in [3.63, 3.8) is 0 Å². The molecule has 1 aliphatic rings. The number of carbonyl (C=O) groups is 1. The third-order valence-electron chi connectivity index (χ3n) is 4.58. The number of benzene rings is 2. The SMILES string of the molecule is O=C(C[C@@H](c1cc(Cl)cc(Cl)c1)C(F)(F)F)c1ccc2c(c1)CCC2O. The number of hydrogen-bond donors (Lipinski definition) is 1. The first-order valence-corrected chi connectivity index (χ1v) is 8.77. The molecule has 0 amide bonds. The van der Waals surface area contributed by atoms with Crippen molar-refractivity contribution in [1.82, 2.24) is 0 Å². The summed E-state index contributed by atoms with van der Waals surface area (Å²) in [5.41, 5.74) is 1.61. The Morgan fingerprint density at radius 1 is 1.15 bits per heavy atom. The predicted octanol–water partition coefficient (Wildman–Crippen LogP) is 5.89. The van der Waals surface area contributed by atoms with E-state index in [1.54, 1.807) is 12.1 Å². The summed E-state index contributed by atoms with van der Waals surface area (Å²) in [7, 11) is 0. The van der Waals surface area contributed by atoms with E-state index < -0.39 is 30.4 Å². The van der Waals surface area contributed by atoms with Gasteiger partial charge in [0.05, 0.1) is 12.0 Å². The fraction of sp³-hybridized carbons (Fsp3) is 0.316.